The predicted octanol–water partition coefficient (Wildman–Crippen LogP) is 4.12. The average molecular weight is 298 g/mol. The molecule has 4 nitrogen and oxygen atoms in total. The van der Waals surface area contributed by atoms with Crippen molar-refractivity contribution in [2.24, 2.45) is 5.92 Å². The van der Waals surface area contributed by atoms with Crippen LogP contribution in [-0.2, 0) is 0 Å². The number of benzene rings is 1. The fourth-order valence-electron chi connectivity index (χ4n) is 3.28. The molecule has 1 amide bonds. The molecule has 0 aliphatic heterocycles. The van der Waals surface area contributed by atoms with Gasteiger partial charge in [-0.3, -0.25) is 4.79 Å². The quantitative estimate of drug-likeness (QED) is 0.903. The third kappa shape index (κ3) is 3.75. The third-order valence-electron chi connectivity index (χ3n) is 4.47. The smallest absolute Gasteiger partial charge is 0.273 e. The summed E-state index contributed by atoms with van der Waals surface area (Å²) < 4.78 is 4.76. The van der Waals surface area contributed by atoms with Crippen molar-refractivity contribution in [2.45, 2.75) is 44.6 Å². The fraction of sp³-hybridized carbons (Fsp3) is 0.444. The lowest BCUT2D eigenvalue weighted by atomic mass is 9.83. The van der Waals surface area contributed by atoms with Crippen molar-refractivity contribution < 1.29 is 9.32 Å². The van der Waals surface area contributed by atoms with Crippen LogP contribution in [0.25, 0.3) is 0 Å². The number of nitrogens with zero attached hydrogens (tertiary/aromatic N) is 1. The molecule has 1 saturated carbocycles. The van der Waals surface area contributed by atoms with Gasteiger partial charge in [0.1, 0.15) is 6.26 Å². The molecule has 0 saturated heterocycles. The largest absolute Gasteiger partial charge is 0.364 e. The molecule has 1 atom stereocenters. The van der Waals surface area contributed by atoms with E-state index < -0.39 is 0 Å². The van der Waals surface area contributed by atoms with Gasteiger partial charge in [-0.25, -0.2) is 0 Å². The minimum atomic E-state index is -0.168. The van der Waals surface area contributed by atoms with Crippen LogP contribution in [0.4, 0.5) is 0 Å². The Morgan fingerprint density at radius 2 is 1.95 bits per heavy atom. The molecule has 3 rings (SSSR count). The van der Waals surface area contributed by atoms with Crippen LogP contribution in [0, 0.1) is 5.92 Å². The third-order valence-corrected chi connectivity index (χ3v) is 4.47. The van der Waals surface area contributed by atoms with E-state index in [9.17, 15) is 4.79 Å². The normalized spacial score (nSPS) is 17.1. The monoisotopic (exact) mass is 298 g/mol. The van der Waals surface area contributed by atoms with Crippen molar-refractivity contribution in [1.29, 1.82) is 0 Å². The molecule has 1 heterocycles. The van der Waals surface area contributed by atoms with E-state index in [0.717, 1.165) is 12.0 Å². The summed E-state index contributed by atoms with van der Waals surface area (Å²) >= 11 is 0. The van der Waals surface area contributed by atoms with E-state index in [1.807, 2.05) is 18.2 Å². The highest BCUT2D eigenvalue weighted by atomic mass is 16.5. The van der Waals surface area contributed by atoms with Gasteiger partial charge in [-0.15, -0.1) is 0 Å². The van der Waals surface area contributed by atoms with Gasteiger partial charge >= 0.3 is 0 Å². The van der Waals surface area contributed by atoms with Gasteiger partial charge in [0.2, 0.25) is 0 Å². The van der Waals surface area contributed by atoms with Crippen LogP contribution in [0.2, 0.25) is 0 Å². The molecule has 0 spiro atoms. The van der Waals surface area contributed by atoms with Crippen LogP contribution in [-0.4, -0.2) is 11.1 Å². The Labute approximate surface area is 130 Å². The Hall–Kier alpha value is -2.10. The van der Waals surface area contributed by atoms with Crippen molar-refractivity contribution in [3.8, 4) is 0 Å². The molecule has 1 fully saturated rings. The summed E-state index contributed by atoms with van der Waals surface area (Å²) in [6.45, 7) is 0. The summed E-state index contributed by atoms with van der Waals surface area (Å²) in [6.07, 6.45) is 8.91. The molecule has 4 heteroatoms. The van der Waals surface area contributed by atoms with E-state index in [0.29, 0.717) is 11.6 Å². The molecule has 1 aliphatic carbocycles. The second-order valence-electron chi connectivity index (χ2n) is 6.06. The number of carbonyl (C=O) groups excluding carboxylic acids is 1. The Bertz CT molecular complexity index is 574. The second-order valence-corrected chi connectivity index (χ2v) is 6.06. The lowest BCUT2D eigenvalue weighted by molar-refractivity contribution is 0.0919. The van der Waals surface area contributed by atoms with Crippen LogP contribution >= 0.6 is 0 Å². The first-order valence-electron chi connectivity index (χ1n) is 8.09. The minimum absolute atomic E-state index is 0.0356. The van der Waals surface area contributed by atoms with Gasteiger partial charge in [0, 0.05) is 6.07 Å². The van der Waals surface area contributed by atoms with Crippen LogP contribution in [0.15, 0.2) is 47.2 Å². The number of rotatable bonds is 5. The predicted molar refractivity (Wildman–Crippen MR) is 84.3 cm³/mol. The van der Waals surface area contributed by atoms with E-state index in [1.165, 1.54) is 38.4 Å². The summed E-state index contributed by atoms with van der Waals surface area (Å²) in [7, 11) is 0. The summed E-state index contributed by atoms with van der Waals surface area (Å²) in [5.41, 5.74) is 1.49. The average Bonchev–Trinajstić information content (AvgIpc) is 3.11. The number of hydrogen-bond donors (Lipinski definition) is 1. The number of nitrogens with one attached hydrogen (secondary N) is 1. The van der Waals surface area contributed by atoms with E-state index >= 15 is 0 Å². The van der Waals surface area contributed by atoms with Crippen molar-refractivity contribution in [3.05, 3.63) is 53.9 Å². The summed E-state index contributed by atoms with van der Waals surface area (Å²) in [5.74, 6) is 0.523. The fourth-order valence-corrected chi connectivity index (χ4v) is 3.28. The van der Waals surface area contributed by atoms with E-state index in [4.69, 9.17) is 4.52 Å². The first-order valence-corrected chi connectivity index (χ1v) is 8.09. The highest BCUT2D eigenvalue weighted by molar-refractivity contribution is 5.92. The van der Waals surface area contributed by atoms with Gasteiger partial charge in [-0.05, 0) is 17.9 Å². The molecule has 1 aromatic heterocycles. The lowest BCUT2D eigenvalue weighted by Gasteiger charge is -2.27. The van der Waals surface area contributed by atoms with Gasteiger partial charge in [-0.2, -0.15) is 0 Å². The van der Waals surface area contributed by atoms with Crippen LogP contribution < -0.4 is 5.32 Å². The maximum Gasteiger partial charge on any atom is 0.273 e. The van der Waals surface area contributed by atoms with Crippen molar-refractivity contribution in [2.75, 3.05) is 0 Å². The molecule has 22 heavy (non-hydrogen) atoms. The molecular weight excluding hydrogens is 276 g/mol. The van der Waals surface area contributed by atoms with Crippen molar-refractivity contribution in [3.63, 3.8) is 0 Å². The number of amides is 1. The second kappa shape index (κ2) is 7.25. The Kier molecular flexibility index (Phi) is 4.88. The van der Waals surface area contributed by atoms with Gasteiger partial charge in [0.25, 0.3) is 5.91 Å². The summed E-state index contributed by atoms with van der Waals surface area (Å²) in [4.78, 5) is 12.3. The Morgan fingerprint density at radius 1 is 1.18 bits per heavy atom. The van der Waals surface area contributed by atoms with Gasteiger partial charge in [0.05, 0.1) is 6.04 Å². The summed E-state index contributed by atoms with van der Waals surface area (Å²) in [6, 6.07) is 11.8. The van der Waals surface area contributed by atoms with E-state index in [1.54, 1.807) is 6.07 Å². The highest BCUT2D eigenvalue weighted by Crippen LogP contribution is 2.32. The zero-order valence-electron chi connectivity index (χ0n) is 12.7. The molecule has 0 radical (unpaired) electrons. The van der Waals surface area contributed by atoms with E-state index in [-0.39, 0.29) is 11.9 Å². The zero-order chi connectivity index (χ0) is 15.2. The standard InChI is InChI=1S/C18H22N2O2/c21-18(16-11-12-22-20-16)19-17(15-9-5-2-6-10-15)13-14-7-3-1-4-8-14/h2,5-6,9-12,14,17H,1,3-4,7-8,13H2,(H,19,21). The number of carbonyl (C=O) groups is 1. The van der Waals surface area contributed by atoms with Crippen molar-refractivity contribution >= 4 is 5.91 Å². The maximum atomic E-state index is 12.3. The number of aromatic nitrogens is 1. The first kappa shape index (κ1) is 14.8. The molecule has 1 unspecified atom stereocenters. The molecule has 1 aliphatic rings. The molecular formula is C18H22N2O2. The topological polar surface area (TPSA) is 55.1 Å². The van der Waals surface area contributed by atoms with Crippen molar-refractivity contribution in [1.82, 2.24) is 10.5 Å². The number of hydrogen-bond acceptors (Lipinski definition) is 3. The highest BCUT2D eigenvalue weighted by Gasteiger charge is 2.22. The maximum absolute atomic E-state index is 12.3. The molecule has 116 valence electrons. The molecule has 0 bridgehead atoms. The molecule has 1 aromatic carbocycles. The Balaban J connectivity index is 1.72. The molecule has 2 aromatic rings. The molecule has 1 N–H and O–H groups in total. The van der Waals surface area contributed by atoms with Gasteiger partial charge in [-0.1, -0.05) is 67.6 Å². The zero-order valence-corrected chi connectivity index (χ0v) is 12.7. The van der Waals surface area contributed by atoms with Crippen LogP contribution in [0.1, 0.15) is 60.6 Å². The minimum Gasteiger partial charge on any atom is -0.364 e. The summed E-state index contributed by atoms with van der Waals surface area (Å²) in [5, 5.41) is 6.84. The SMILES string of the molecule is O=C(NC(CC1CCCCC1)c1ccccc1)c1ccon1. The van der Waals surface area contributed by atoms with Gasteiger partial charge in [0.15, 0.2) is 5.69 Å². The Morgan fingerprint density at radius 3 is 2.64 bits per heavy atom. The first-order chi connectivity index (χ1) is 10.8. The van der Waals surface area contributed by atoms with Crippen LogP contribution in [0.5, 0.6) is 0 Å². The lowest BCUT2D eigenvalue weighted by Crippen LogP contribution is -2.30. The van der Waals surface area contributed by atoms with Crippen LogP contribution in [0.3, 0.4) is 0 Å². The van der Waals surface area contributed by atoms with Gasteiger partial charge < -0.3 is 9.84 Å². The van der Waals surface area contributed by atoms with E-state index in [2.05, 4.69) is 22.6 Å².